The van der Waals surface area contributed by atoms with E-state index >= 15 is 0 Å². The van der Waals surface area contributed by atoms with E-state index < -0.39 is 0 Å². The average Bonchev–Trinajstić information content (AvgIpc) is 2.00. The molecule has 0 aromatic rings. The van der Waals surface area contributed by atoms with Crippen molar-refractivity contribution < 1.29 is 0 Å². The van der Waals surface area contributed by atoms with E-state index in [-0.39, 0.29) is 0 Å². The standard InChI is InChI=1S/C11H21Br/c1-9(2)5-6-10(3)7-11(4)8-12/h5,10-11H,6-8H2,1-4H3. The minimum Gasteiger partial charge on any atom is -0.0925 e. The van der Waals surface area contributed by atoms with Crippen LogP contribution in [0.4, 0.5) is 0 Å². The summed E-state index contributed by atoms with van der Waals surface area (Å²) in [5, 5.41) is 1.13. The smallest absolute Gasteiger partial charge is 0.00571 e. The molecule has 0 aromatic heterocycles. The number of halogens is 1. The van der Waals surface area contributed by atoms with Gasteiger partial charge in [-0.1, -0.05) is 41.4 Å². The second-order valence-corrected chi connectivity index (χ2v) is 4.77. The Morgan fingerprint density at radius 3 is 2.25 bits per heavy atom. The van der Waals surface area contributed by atoms with Crippen LogP contribution >= 0.6 is 15.9 Å². The average molecular weight is 233 g/mol. The van der Waals surface area contributed by atoms with Gasteiger partial charge in [0.2, 0.25) is 0 Å². The first-order valence-electron chi connectivity index (χ1n) is 4.75. The number of allylic oxidation sites excluding steroid dienone is 2. The Balaban J connectivity index is 3.59. The first kappa shape index (κ1) is 12.2. The number of alkyl halides is 1. The normalized spacial score (nSPS) is 15.4. The molecule has 0 aliphatic carbocycles. The van der Waals surface area contributed by atoms with Gasteiger partial charge in [-0.25, -0.2) is 0 Å². The zero-order valence-electron chi connectivity index (χ0n) is 8.73. The molecule has 0 saturated heterocycles. The molecule has 2 atom stereocenters. The lowest BCUT2D eigenvalue weighted by atomic mass is 9.95. The quantitative estimate of drug-likeness (QED) is 0.487. The Hall–Kier alpha value is 0.220. The van der Waals surface area contributed by atoms with Crippen LogP contribution in [-0.4, -0.2) is 5.33 Å². The minimum atomic E-state index is 0.811. The van der Waals surface area contributed by atoms with Crippen LogP contribution < -0.4 is 0 Å². The molecular weight excluding hydrogens is 212 g/mol. The first-order valence-corrected chi connectivity index (χ1v) is 5.87. The number of rotatable bonds is 5. The maximum Gasteiger partial charge on any atom is 0.00571 e. The lowest BCUT2D eigenvalue weighted by molar-refractivity contribution is 0.448. The van der Waals surface area contributed by atoms with Gasteiger partial charge in [-0.15, -0.1) is 0 Å². The topological polar surface area (TPSA) is 0 Å². The van der Waals surface area contributed by atoms with Crippen LogP contribution in [0.5, 0.6) is 0 Å². The Bertz CT molecular complexity index is 134. The fourth-order valence-corrected chi connectivity index (χ4v) is 1.55. The molecule has 0 amide bonds. The molecule has 0 N–H and O–H groups in total. The summed E-state index contributed by atoms with van der Waals surface area (Å²) in [6.45, 7) is 8.97. The second-order valence-electron chi connectivity index (χ2n) is 4.12. The van der Waals surface area contributed by atoms with Crippen molar-refractivity contribution in [3.8, 4) is 0 Å². The van der Waals surface area contributed by atoms with Gasteiger partial charge in [-0.2, -0.15) is 0 Å². The van der Waals surface area contributed by atoms with E-state index in [0.717, 1.165) is 17.2 Å². The third-order valence-electron chi connectivity index (χ3n) is 2.00. The van der Waals surface area contributed by atoms with E-state index in [0.29, 0.717) is 0 Å². The van der Waals surface area contributed by atoms with Crippen molar-refractivity contribution in [1.29, 1.82) is 0 Å². The van der Waals surface area contributed by atoms with Crippen LogP contribution in [0.15, 0.2) is 11.6 Å². The van der Waals surface area contributed by atoms with Gasteiger partial charge in [0.15, 0.2) is 0 Å². The molecule has 0 radical (unpaired) electrons. The molecule has 0 rings (SSSR count). The zero-order valence-corrected chi connectivity index (χ0v) is 10.3. The molecule has 0 aromatic carbocycles. The van der Waals surface area contributed by atoms with Crippen molar-refractivity contribution in [3.63, 3.8) is 0 Å². The molecule has 0 bridgehead atoms. The van der Waals surface area contributed by atoms with Gasteiger partial charge < -0.3 is 0 Å². The molecule has 2 unspecified atom stereocenters. The van der Waals surface area contributed by atoms with Crippen LogP contribution in [-0.2, 0) is 0 Å². The first-order chi connectivity index (χ1) is 5.56. The Labute approximate surface area is 85.6 Å². The molecule has 0 heterocycles. The highest BCUT2D eigenvalue weighted by Crippen LogP contribution is 2.17. The predicted molar refractivity (Wildman–Crippen MR) is 60.8 cm³/mol. The number of hydrogen-bond donors (Lipinski definition) is 0. The molecule has 0 aliphatic heterocycles. The lowest BCUT2D eigenvalue weighted by Crippen LogP contribution is -2.03. The molecule has 0 spiro atoms. The van der Waals surface area contributed by atoms with Crippen molar-refractivity contribution >= 4 is 15.9 Å². The Kier molecular flexibility index (Phi) is 6.83. The summed E-state index contributed by atoms with van der Waals surface area (Å²) in [6, 6.07) is 0. The predicted octanol–water partition coefficient (Wildman–Crippen LogP) is 4.40. The van der Waals surface area contributed by atoms with Crippen molar-refractivity contribution in [3.05, 3.63) is 11.6 Å². The summed E-state index contributed by atoms with van der Waals surface area (Å²) < 4.78 is 0. The highest BCUT2D eigenvalue weighted by Gasteiger charge is 2.05. The second kappa shape index (κ2) is 6.71. The highest BCUT2D eigenvalue weighted by atomic mass is 79.9. The lowest BCUT2D eigenvalue weighted by Gasteiger charge is -2.13. The van der Waals surface area contributed by atoms with E-state index in [1.165, 1.54) is 18.4 Å². The summed E-state index contributed by atoms with van der Waals surface area (Å²) in [6.07, 6.45) is 4.90. The third-order valence-corrected chi connectivity index (χ3v) is 3.10. The molecule has 72 valence electrons. The fourth-order valence-electron chi connectivity index (χ4n) is 1.28. The summed E-state index contributed by atoms with van der Waals surface area (Å²) in [7, 11) is 0. The van der Waals surface area contributed by atoms with Crippen molar-refractivity contribution in [2.24, 2.45) is 11.8 Å². The highest BCUT2D eigenvalue weighted by molar-refractivity contribution is 9.09. The summed E-state index contributed by atoms with van der Waals surface area (Å²) in [5.41, 5.74) is 1.44. The third kappa shape index (κ3) is 6.90. The SMILES string of the molecule is CC(C)=CCC(C)CC(C)CBr. The van der Waals surface area contributed by atoms with Gasteiger partial charge in [-0.3, -0.25) is 0 Å². The summed E-state index contributed by atoms with van der Waals surface area (Å²) >= 11 is 3.51. The zero-order chi connectivity index (χ0) is 9.56. The van der Waals surface area contributed by atoms with Crippen LogP contribution in [0.25, 0.3) is 0 Å². The molecular formula is C11H21Br. The van der Waals surface area contributed by atoms with Crippen molar-refractivity contribution in [1.82, 2.24) is 0 Å². The molecule has 12 heavy (non-hydrogen) atoms. The van der Waals surface area contributed by atoms with E-state index in [1.807, 2.05) is 0 Å². The van der Waals surface area contributed by atoms with Crippen LogP contribution in [0, 0.1) is 11.8 Å². The maximum absolute atomic E-state index is 3.51. The van der Waals surface area contributed by atoms with E-state index in [9.17, 15) is 0 Å². The monoisotopic (exact) mass is 232 g/mol. The van der Waals surface area contributed by atoms with Gasteiger partial charge in [0.1, 0.15) is 0 Å². The van der Waals surface area contributed by atoms with Crippen LogP contribution in [0.2, 0.25) is 0 Å². The summed E-state index contributed by atoms with van der Waals surface area (Å²) in [4.78, 5) is 0. The van der Waals surface area contributed by atoms with Gasteiger partial charge in [0, 0.05) is 5.33 Å². The molecule has 1 heteroatoms. The summed E-state index contributed by atoms with van der Waals surface area (Å²) in [5.74, 6) is 1.64. The molecule has 0 aliphatic rings. The maximum atomic E-state index is 3.51. The van der Waals surface area contributed by atoms with Gasteiger partial charge in [0.05, 0.1) is 0 Å². The van der Waals surface area contributed by atoms with Crippen molar-refractivity contribution in [2.45, 2.75) is 40.5 Å². The molecule has 0 nitrogen and oxygen atoms in total. The molecule has 0 fully saturated rings. The van der Waals surface area contributed by atoms with E-state index in [4.69, 9.17) is 0 Å². The fraction of sp³-hybridized carbons (Fsp3) is 0.818. The minimum absolute atomic E-state index is 0.811. The Morgan fingerprint density at radius 1 is 1.25 bits per heavy atom. The Morgan fingerprint density at radius 2 is 1.83 bits per heavy atom. The van der Waals surface area contributed by atoms with Crippen molar-refractivity contribution in [2.75, 3.05) is 5.33 Å². The largest absolute Gasteiger partial charge is 0.0925 e. The van der Waals surface area contributed by atoms with Gasteiger partial charge in [-0.05, 0) is 38.5 Å². The molecule has 0 saturated carbocycles. The van der Waals surface area contributed by atoms with Crippen LogP contribution in [0.1, 0.15) is 40.5 Å². The number of hydrogen-bond acceptors (Lipinski definition) is 0. The van der Waals surface area contributed by atoms with Gasteiger partial charge >= 0.3 is 0 Å². The van der Waals surface area contributed by atoms with E-state index in [1.54, 1.807) is 0 Å². The van der Waals surface area contributed by atoms with Crippen LogP contribution in [0.3, 0.4) is 0 Å². The van der Waals surface area contributed by atoms with E-state index in [2.05, 4.69) is 49.7 Å². The van der Waals surface area contributed by atoms with Gasteiger partial charge in [0.25, 0.3) is 0 Å².